The Morgan fingerprint density at radius 2 is 1.36 bits per heavy atom. The largest absolute Gasteiger partial charge is 0.391 e. The highest BCUT2D eigenvalue weighted by molar-refractivity contribution is 7.75. The molecular formula is C17H28N4O6S. The molecule has 0 aromatic heterocycles. The van der Waals surface area contributed by atoms with Gasteiger partial charge in [0.1, 0.15) is 0 Å². The van der Waals surface area contributed by atoms with Gasteiger partial charge in [0.05, 0.1) is 12.8 Å². The zero-order valence-electron chi connectivity index (χ0n) is 16.0. The first-order valence-electron chi connectivity index (χ1n) is 8.55. The van der Waals surface area contributed by atoms with Gasteiger partial charge >= 0.3 is 11.9 Å². The standard InChI is InChI=1S/C17H28N4O6S/c1-12(16(24)26-18)10-14(22)19-6-4-8-21(3)9-5-7-20-15(23)11-13(2)17(25)27-28/h28H,1-2,4-11,18H2,3H3,(H,19,22)(H,20,23). The van der Waals surface area contributed by atoms with Gasteiger partial charge in [-0.25, -0.2) is 9.59 Å². The lowest BCUT2D eigenvalue weighted by atomic mass is 10.2. The molecule has 0 fully saturated rings. The molecule has 0 aliphatic carbocycles. The summed E-state index contributed by atoms with van der Waals surface area (Å²) in [6.45, 7) is 9.27. The molecule has 0 unspecified atom stereocenters. The van der Waals surface area contributed by atoms with Crippen LogP contribution in [-0.2, 0) is 28.2 Å². The highest BCUT2D eigenvalue weighted by Crippen LogP contribution is 2.02. The number of nitrogens with one attached hydrogen (secondary N) is 2. The number of hydrogen-bond donors (Lipinski definition) is 4. The molecule has 0 heterocycles. The van der Waals surface area contributed by atoms with E-state index in [2.05, 4.69) is 50.6 Å². The molecule has 28 heavy (non-hydrogen) atoms. The topological polar surface area (TPSA) is 140 Å². The maximum atomic E-state index is 11.6. The maximum absolute atomic E-state index is 11.6. The Kier molecular flexibility index (Phi) is 13.4. The van der Waals surface area contributed by atoms with Crippen molar-refractivity contribution in [2.24, 2.45) is 5.90 Å². The quantitative estimate of drug-likeness (QED) is 0.0988. The SMILES string of the molecule is C=C(CC(=O)NCCCN(C)CCCNC(=O)CC(=C)C(=O)OS)C(=O)ON. The average molecular weight is 417 g/mol. The molecule has 0 radical (unpaired) electrons. The fraction of sp³-hybridized carbons (Fsp3) is 0.529. The fourth-order valence-electron chi connectivity index (χ4n) is 2.07. The first-order chi connectivity index (χ1) is 13.2. The van der Waals surface area contributed by atoms with Gasteiger partial charge in [-0.3, -0.25) is 9.59 Å². The molecular weight excluding hydrogens is 388 g/mol. The van der Waals surface area contributed by atoms with Gasteiger partial charge in [-0.2, -0.15) is 5.90 Å². The summed E-state index contributed by atoms with van der Waals surface area (Å²) in [6, 6.07) is 0. The van der Waals surface area contributed by atoms with Gasteiger partial charge in [-0.1, -0.05) is 13.2 Å². The van der Waals surface area contributed by atoms with Crippen LogP contribution >= 0.6 is 12.9 Å². The molecule has 0 atom stereocenters. The highest BCUT2D eigenvalue weighted by Gasteiger charge is 2.13. The van der Waals surface area contributed by atoms with Gasteiger partial charge in [0.2, 0.25) is 11.8 Å². The molecule has 4 N–H and O–H groups in total. The predicted octanol–water partition coefficient (Wildman–Crippen LogP) is -0.372. The van der Waals surface area contributed by atoms with E-state index in [4.69, 9.17) is 5.90 Å². The van der Waals surface area contributed by atoms with Crippen LogP contribution in [0.1, 0.15) is 25.7 Å². The molecule has 0 saturated carbocycles. The molecule has 2 amide bonds. The molecule has 0 aliphatic rings. The number of hydrogen-bond acceptors (Lipinski definition) is 9. The number of thiol groups is 1. The number of amides is 2. The average Bonchev–Trinajstić information content (AvgIpc) is 2.66. The van der Waals surface area contributed by atoms with E-state index in [1.165, 1.54) is 0 Å². The fourth-order valence-corrected chi connectivity index (χ4v) is 2.20. The van der Waals surface area contributed by atoms with Crippen LogP contribution < -0.4 is 16.5 Å². The summed E-state index contributed by atoms with van der Waals surface area (Å²) >= 11 is 3.36. The van der Waals surface area contributed by atoms with Crippen molar-refractivity contribution < 1.29 is 28.2 Å². The van der Waals surface area contributed by atoms with Crippen LogP contribution in [0.4, 0.5) is 0 Å². The van der Waals surface area contributed by atoms with Crippen molar-refractivity contribution in [2.75, 3.05) is 33.2 Å². The number of carbonyl (C=O) groups excluding carboxylic acids is 4. The second-order valence-corrected chi connectivity index (χ2v) is 6.24. The third-order valence-corrected chi connectivity index (χ3v) is 3.76. The van der Waals surface area contributed by atoms with E-state index in [1.807, 2.05) is 7.05 Å². The Morgan fingerprint density at radius 3 is 1.75 bits per heavy atom. The van der Waals surface area contributed by atoms with Crippen molar-refractivity contribution >= 4 is 36.7 Å². The van der Waals surface area contributed by atoms with Crippen LogP contribution in [0.15, 0.2) is 24.3 Å². The van der Waals surface area contributed by atoms with Crippen LogP contribution in [0.5, 0.6) is 0 Å². The molecule has 10 nitrogen and oxygen atoms in total. The monoisotopic (exact) mass is 416 g/mol. The van der Waals surface area contributed by atoms with Crippen molar-refractivity contribution in [2.45, 2.75) is 25.7 Å². The maximum Gasteiger partial charge on any atom is 0.352 e. The van der Waals surface area contributed by atoms with E-state index >= 15 is 0 Å². The summed E-state index contributed by atoms with van der Waals surface area (Å²) in [6.07, 6.45) is 1.14. The Hall–Kier alpha value is -2.37. The van der Waals surface area contributed by atoms with Gasteiger partial charge in [0, 0.05) is 37.1 Å². The minimum Gasteiger partial charge on any atom is -0.391 e. The minimum atomic E-state index is -0.812. The van der Waals surface area contributed by atoms with E-state index in [0.29, 0.717) is 19.5 Å². The molecule has 0 spiro atoms. The molecule has 0 bridgehead atoms. The summed E-state index contributed by atoms with van der Waals surface area (Å²) in [5, 5.41) is 5.37. The van der Waals surface area contributed by atoms with Gasteiger partial charge in [-0.05, 0) is 33.0 Å². The number of carbonyl (C=O) groups is 4. The first-order valence-corrected chi connectivity index (χ1v) is 8.92. The van der Waals surface area contributed by atoms with Gasteiger partial charge in [0.25, 0.3) is 0 Å². The van der Waals surface area contributed by atoms with E-state index in [1.54, 1.807) is 0 Å². The zero-order chi connectivity index (χ0) is 21.5. The van der Waals surface area contributed by atoms with Crippen molar-refractivity contribution in [1.29, 1.82) is 0 Å². The normalized spacial score (nSPS) is 10.1. The van der Waals surface area contributed by atoms with Crippen molar-refractivity contribution in [3.8, 4) is 0 Å². The molecule has 158 valence electrons. The zero-order valence-corrected chi connectivity index (χ0v) is 16.9. The second kappa shape index (κ2) is 14.7. The first kappa shape index (κ1) is 25.6. The van der Waals surface area contributed by atoms with Crippen LogP contribution in [0, 0.1) is 0 Å². The summed E-state index contributed by atoms with van der Waals surface area (Å²) in [7, 11) is 1.92. The summed E-state index contributed by atoms with van der Waals surface area (Å²) < 4.78 is 4.18. The Labute approximate surface area is 170 Å². The lowest BCUT2D eigenvalue weighted by Gasteiger charge is -2.16. The summed E-state index contributed by atoms with van der Waals surface area (Å²) in [5.41, 5.74) is 0.0282. The van der Waals surface area contributed by atoms with E-state index in [0.717, 1.165) is 19.5 Å². The summed E-state index contributed by atoms with van der Waals surface area (Å²) in [5.74, 6) is 2.53. The van der Waals surface area contributed by atoms with Gasteiger partial charge < -0.3 is 24.6 Å². The van der Waals surface area contributed by atoms with Gasteiger partial charge in [0.15, 0.2) is 0 Å². The molecule has 0 aromatic rings. The number of nitrogens with zero attached hydrogens (tertiary/aromatic N) is 1. The molecule has 11 heteroatoms. The molecule has 0 aliphatic heterocycles. The van der Waals surface area contributed by atoms with Crippen LogP contribution in [0.3, 0.4) is 0 Å². The lowest BCUT2D eigenvalue weighted by molar-refractivity contribution is -0.140. The Morgan fingerprint density at radius 1 is 0.929 bits per heavy atom. The van der Waals surface area contributed by atoms with Crippen LogP contribution in [0.25, 0.3) is 0 Å². The van der Waals surface area contributed by atoms with E-state index in [-0.39, 0.29) is 35.8 Å². The van der Waals surface area contributed by atoms with Gasteiger partial charge in [-0.15, -0.1) is 0 Å². The van der Waals surface area contributed by atoms with Crippen molar-refractivity contribution in [3.63, 3.8) is 0 Å². The molecule has 0 aromatic carbocycles. The third kappa shape index (κ3) is 12.1. The van der Waals surface area contributed by atoms with Crippen molar-refractivity contribution in [3.05, 3.63) is 24.3 Å². The van der Waals surface area contributed by atoms with Crippen LogP contribution in [0.2, 0.25) is 0 Å². The Balaban J connectivity index is 3.76. The summed E-state index contributed by atoms with van der Waals surface area (Å²) in [4.78, 5) is 51.4. The van der Waals surface area contributed by atoms with E-state index < -0.39 is 11.9 Å². The second-order valence-electron chi connectivity index (χ2n) is 6.06. The predicted molar refractivity (Wildman–Crippen MR) is 106 cm³/mol. The number of rotatable bonds is 14. The van der Waals surface area contributed by atoms with E-state index in [9.17, 15) is 19.2 Å². The third-order valence-electron chi connectivity index (χ3n) is 3.59. The minimum absolute atomic E-state index is 0.00903. The van der Waals surface area contributed by atoms with Crippen molar-refractivity contribution in [1.82, 2.24) is 15.5 Å². The lowest BCUT2D eigenvalue weighted by Crippen LogP contribution is -2.31. The Bertz CT molecular complexity index is 546. The smallest absolute Gasteiger partial charge is 0.352 e. The molecule has 0 saturated heterocycles. The molecule has 0 rings (SSSR count). The van der Waals surface area contributed by atoms with Crippen LogP contribution in [-0.4, -0.2) is 61.9 Å². The number of nitrogens with two attached hydrogens (primary N) is 1. The highest BCUT2D eigenvalue weighted by atomic mass is 32.1.